The zero-order chi connectivity index (χ0) is 17.1. The number of carbonyl (C=O) groups is 2. The Morgan fingerprint density at radius 2 is 1.88 bits per heavy atom. The fourth-order valence-corrected chi connectivity index (χ4v) is 2.74. The molecule has 24 heavy (non-hydrogen) atoms. The second-order valence-electron chi connectivity index (χ2n) is 5.60. The van der Waals surface area contributed by atoms with E-state index in [-0.39, 0.29) is 22.0 Å². The number of hydrogen-bond acceptors (Lipinski definition) is 3. The highest BCUT2D eigenvalue weighted by molar-refractivity contribution is 9.10. The van der Waals surface area contributed by atoms with Crippen LogP contribution in [0, 0.1) is 5.82 Å². The van der Waals surface area contributed by atoms with Crippen molar-refractivity contribution in [3.63, 3.8) is 0 Å². The number of benzene rings is 2. The van der Waals surface area contributed by atoms with E-state index >= 15 is 0 Å². The number of hydrogen-bond donors (Lipinski definition) is 1. The number of carbonyl (C=O) groups excluding carboxylic acids is 2. The molecule has 4 nitrogen and oxygen atoms in total. The SMILES string of the molecule is O=C(O[C@@H](C(=O)NC1CC1)c1ccccc1)c1ccc(F)cc1Br. The molecule has 0 aliphatic heterocycles. The van der Waals surface area contributed by atoms with Crippen LogP contribution in [0.5, 0.6) is 0 Å². The second kappa shape index (κ2) is 7.13. The van der Waals surface area contributed by atoms with Crippen LogP contribution in [0.15, 0.2) is 53.0 Å². The molecule has 1 amide bonds. The van der Waals surface area contributed by atoms with Crippen LogP contribution >= 0.6 is 15.9 Å². The molecule has 1 N–H and O–H groups in total. The lowest BCUT2D eigenvalue weighted by molar-refractivity contribution is -0.130. The molecule has 1 aliphatic carbocycles. The fraction of sp³-hybridized carbons (Fsp3) is 0.222. The van der Waals surface area contributed by atoms with Crippen molar-refractivity contribution in [2.45, 2.75) is 25.0 Å². The van der Waals surface area contributed by atoms with E-state index < -0.39 is 17.9 Å². The summed E-state index contributed by atoms with van der Waals surface area (Å²) in [5, 5.41) is 2.85. The maximum absolute atomic E-state index is 13.2. The molecule has 0 bridgehead atoms. The molecule has 0 heterocycles. The smallest absolute Gasteiger partial charge is 0.340 e. The Bertz CT molecular complexity index is 762. The molecule has 2 aromatic carbocycles. The third-order valence-corrected chi connectivity index (χ3v) is 4.30. The molecule has 0 unspecified atom stereocenters. The monoisotopic (exact) mass is 391 g/mol. The van der Waals surface area contributed by atoms with Gasteiger partial charge in [0, 0.05) is 16.1 Å². The molecule has 3 rings (SSSR count). The molecule has 0 aromatic heterocycles. The highest BCUT2D eigenvalue weighted by Crippen LogP contribution is 2.26. The Morgan fingerprint density at radius 3 is 2.50 bits per heavy atom. The first-order valence-electron chi connectivity index (χ1n) is 7.56. The average molecular weight is 392 g/mol. The first-order valence-corrected chi connectivity index (χ1v) is 8.35. The van der Waals surface area contributed by atoms with Crippen molar-refractivity contribution >= 4 is 27.8 Å². The number of esters is 1. The predicted octanol–water partition coefficient (Wildman–Crippen LogP) is 3.76. The molecule has 1 fully saturated rings. The maximum Gasteiger partial charge on any atom is 0.340 e. The van der Waals surface area contributed by atoms with E-state index in [4.69, 9.17) is 4.74 Å². The second-order valence-corrected chi connectivity index (χ2v) is 6.46. The van der Waals surface area contributed by atoms with Crippen molar-refractivity contribution in [1.82, 2.24) is 5.32 Å². The number of ether oxygens (including phenoxy) is 1. The lowest BCUT2D eigenvalue weighted by atomic mass is 10.1. The Labute approximate surface area is 147 Å². The average Bonchev–Trinajstić information content (AvgIpc) is 3.37. The summed E-state index contributed by atoms with van der Waals surface area (Å²) < 4.78 is 18.9. The van der Waals surface area contributed by atoms with Gasteiger partial charge in [0.2, 0.25) is 6.10 Å². The van der Waals surface area contributed by atoms with E-state index in [0.717, 1.165) is 12.8 Å². The van der Waals surface area contributed by atoms with E-state index in [1.807, 2.05) is 6.07 Å². The van der Waals surface area contributed by atoms with Crippen LogP contribution in [-0.4, -0.2) is 17.9 Å². The zero-order valence-corrected chi connectivity index (χ0v) is 14.3. The molecule has 6 heteroatoms. The van der Waals surface area contributed by atoms with Gasteiger partial charge in [0.05, 0.1) is 5.56 Å². The van der Waals surface area contributed by atoms with Crippen LogP contribution < -0.4 is 5.32 Å². The van der Waals surface area contributed by atoms with Gasteiger partial charge in [-0.1, -0.05) is 30.3 Å². The Balaban J connectivity index is 1.82. The van der Waals surface area contributed by atoms with Crippen molar-refractivity contribution in [3.05, 3.63) is 69.9 Å². The summed E-state index contributed by atoms with van der Waals surface area (Å²) in [4.78, 5) is 24.9. The van der Waals surface area contributed by atoms with E-state index in [9.17, 15) is 14.0 Å². The van der Waals surface area contributed by atoms with Crippen molar-refractivity contribution in [2.75, 3.05) is 0 Å². The number of halogens is 2. The normalized spacial score (nSPS) is 14.8. The summed E-state index contributed by atoms with van der Waals surface area (Å²) in [7, 11) is 0. The molecule has 2 aromatic rings. The lowest BCUT2D eigenvalue weighted by Crippen LogP contribution is -2.33. The highest BCUT2D eigenvalue weighted by Gasteiger charge is 2.31. The van der Waals surface area contributed by atoms with E-state index in [1.165, 1.54) is 18.2 Å². The predicted molar refractivity (Wildman–Crippen MR) is 89.9 cm³/mol. The molecular formula is C18H15BrFNO3. The van der Waals surface area contributed by atoms with Gasteiger partial charge in [0.15, 0.2) is 0 Å². The summed E-state index contributed by atoms with van der Waals surface area (Å²) in [6, 6.07) is 12.6. The van der Waals surface area contributed by atoms with Gasteiger partial charge < -0.3 is 10.1 Å². The van der Waals surface area contributed by atoms with Crippen molar-refractivity contribution in [3.8, 4) is 0 Å². The van der Waals surface area contributed by atoms with Crippen molar-refractivity contribution in [2.24, 2.45) is 0 Å². The van der Waals surface area contributed by atoms with Gasteiger partial charge >= 0.3 is 5.97 Å². The first-order chi connectivity index (χ1) is 11.5. The quantitative estimate of drug-likeness (QED) is 0.789. The minimum atomic E-state index is -1.05. The van der Waals surface area contributed by atoms with Gasteiger partial charge in [-0.2, -0.15) is 0 Å². The minimum absolute atomic E-state index is 0.153. The Morgan fingerprint density at radius 1 is 1.17 bits per heavy atom. The van der Waals surface area contributed by atoms with Gasteiger partial charge in [-0.3, -0.25) is 4.79 Å². The van der Waals surface area contributed by atoms with Gasteiger partial charge in [0.25, 0.3) is 5.91 Å². The van der Waals surface area contributed by atoms with E-state index in [1.54, 1.807) is 24.3 Å². The standard InChI is InChI=1S/C18H15BrFNO3/c19-15-10-12(20)6-9-14(15)18(23)24-16(11-4-2-1-3-5-11)17(22)21-13-7-8-13/h1-6,9-10,13,16H,7-8H2,(H,21,22)/t16-/m1/s1. The van der Waals surface area contributed by atoms with E-state index in [0.29, 0.717) is 5.56 Å². The molecule has 0 saturated heterocycles. The van der Waals surface area contributed by atoms with Gasteiger partial charge in [-0.15, -0.1) is 0 Å². The minimum Gasteiger partial charge on any atom is -0.444 e. The van der Waals surface area contributed by atoms with Crippen molar-refractivity contribution < 1.29 is 18.7 Å². The van der Waals surface area contributed by atoms with Crippen LogP contribution in [0.25, 0.3) is 0 Å². The Kier molecular flexibility index (Phi) is 4.94. The summed E-state index contributed by atoms with van der Waals surface area (Å²) in [5.41, 5.74) is 0.749. The van der Waals surface area contributed by atoms with Crippen LogP contribution in [0.1, 0.15) is 34.9 Å². The summed E-state index contributed by atoms with van der Waals surface area (Å²) in [6.07, 6.45) is 0.825. The maximum atomic E-state index is 13.2. The largest absolute Gasteiger partial charge is 0.444 e. The number of nitrogens with one attached hydrogen (secondary N) is 1. The van der Waals surface area contributed by atoms with Crippen LogP contribution in [0.3, 0.4) is 0 Å². The third kappa shape index (κ3) is 4.00. The van der Waals surface area contributed by atoms with Gasteiger partial charge in [-0.25, -0.2) is 9.18 Å². The van der Waals surface area contributed by atoms with Crippen molar-refractivity contribution in [1.29, 1.82) is 0 Å². The molecule has 1 aliphatic rings. The molecular weight excluding hydrogens is 377 g/mol. The highest BCUT2D eigenvalue weighted by atomic mass is 79.9. The Hall–Kier alpha value is -2.21. The molecule has 1 saturated carbocycles. The number of rotatable bonds is 5. The zero-order valence-electron chi connectivity index (χ0n) is 12.7. The van der Waals surface area contributed by atoms with Crippen LogP contribution in [0.2, 0.25) is 0 Å². The summed E-state index contributed by atoms with van der Waals surface area (Å²) in [5.74, 6) is -1.51. The van der Waals surface area contributed by atoms with Gasteiger partial charge in [0.1, 0.15) is 5.82 Å². The third-order valence-electron chi connectivity index (χ3n) is 3.64. The molecule has 0 radical (unpaired) electrons. The van der Waals surface area contributed by atoms with Crippen LogP contribution in [-0.2, 0) is 9.53 Å². The topological polar surface area (TPSA) is 55.4 Å². The number of amides is 1. The molecule has 0 spiro atoms. The van der Waals surface area contributed by atoms with Gasteiger partial charge in [-0.05, 0) is 47.0 Å². The summed E-state index contributed by atoms with van der Waals surface area (Å²) >= 11 is 3.14. The first kappa shape index (κ1) is 16.6. The lowest BCUT2D eigenvalue weighted by Gasteiger charge is -2.18. The molecule has 1 atom stereocenters. The van der Waals surface area contributed by atoms with E-state index in [2.05, 4.69) is 21.2 Å². The summed E-state index contributed by atoms with van der Waals surface area (Å²) in [6.45, 7) is 0. The fourth-order valence-electron chi connectivity index (χ4n) is 2.23. The van der Waals surface area contributed by atoms with Crippen LogP contribution in [0.4, 0.5) is 4.39 Å². The molecule has 124 valence electrons.